The van der Waals surface area contributed by atoms with Crippen molar-refractivity contribution in [2.45, 2.75) is 25.1 Å². The van der Waals surface area contributed by atoms with Crippen LogP contribution in [0.25, 0.3) is 0 Å². The van der Waals surface area contributed by atoms with E-state index in [1.165, 1.54) is 23.7 Å². The molecule has 134 valence electrons. The van der Waals surface area contributed by atoms with Crippen molar-refractivity contribution in [2.75, 3.05) is 31.1 Å². The molecule has 0 radical (unpaired) electrons. The number of alkyl halides is 1. The molecule has 1 amide bonds. The van der Waals surface area contributed by atoms with Gasteiger partial charge in [-0.25, -0.2) is 9.37 Å². The van der Waals surface area contributed by atoms with Crippen LogP contribution in [0, 0.1) is 5.82 Å². The van der Waals surface area contributed by atoms with Crippen molar-refractivity contribution in [3.63, 3.8) is 0 Å². The number of anilines is 1. The van der Waals surface area contributed by atoms with Crippen LogP contribution in [0.15, 0.2) is 24.3 Å². The molecule has 2 aromatic rings. The highest BCUT2D eigenvalue weighted by Crippen LogP contribution is 2.21. The molecule has 1 atom stereocenters. The van der Waals surface area contributed by atoms with Crippen LogP contribution in [-0.2, 0) is 11.2 Å². The monoisotopic (exact) mass is 382 g/mol. The first-order valence-electron chi connectivity index (χ1n) is 8.28. The van der Waals surface area contributed by atoms with E-state index in [2.05, 4.69) is 14.3 Å². The minimum absolute atomic E-state index is 0.0159. The molecule has 0 N–H and O–H groups in total. The average molecular weight is 383 g/mol. The number of aromatic nitrogens is 2. The van der Waals surface area contributed by atoms with Gasteiger partial charge in [0.15, 0.2) is 0 Å². The molecule has 1 aromatic carbocycles. The molecule has 1 saturated heterocycles. The van der Waals surface area contributed by atoms with Gasteiger partial charge in [-0.3, -0.25) is 4.79 Å². The minimum atomic E-state index is -0.490. The van der Waals surface area contributed by atoms with Gasteiger partial charge in [0.05, 0.1) is 0 Å². The molecule has 0 unspecified atom stereocenters. The van der Waals surface area contributed by atoms with Gasteiger partial charge in [-0.15, -0.1) is 11.6 Å². The van der Waals surface area contributed by atoms with E-state index in [4.69, 9.17) is 11.6 Å². The van der Waals surface area contributed by atoms with E-state index in [-0.39, 0.29) is 11.7 Å². The predicted octanol–water partition coefficient (Wildman–Crippen LogP) is 2.93. The van der Waals surface area contributed by atoms with Crippen LogP contribution in [0.4, 0.5) is 9.52 Å². The second-order valence-electron chi connectivity index (χ2n) is 6.08. The van der Waals surface area contributed by atoms with E-state index in [0.717, 1.165) is 36.0 Å². The van der Waals surface area contributed by atoms with Crippen LogP contribution in [-0.4, -0.2) is 51.7 Å². The van der Waals surface area contributed by atoms with Crippen molar-refractivity contribution in [2.24, 2.45) is 0 Å². The van der Waals surface area contributed by atoms with Gasteiger partial charge in [0.2, 0.25) is 11.0 Å². The Bertz CT molecular complexity index is 722. The number of carbonyl (C=O) groups is 1. The van der Waals surface area contributed by atoms with Gasteiger partial charge in [-0.1, -0.05) is 12.1 Å². The largest absolute Gasteiger partial charge is 0.345 e. The molecule has 0 bridgehead atoms. The summed E-state index contributed by atoms with van der Waals surface area (Å²) in [4.78, 5) is 20.6. The second kappa shape index (κ2) is 8.10. The summed E-state index contributed by atoms with van der Waals surface area (Å²) < 4.78 is 17.4. The lowest BCUT2D eigenvalue weighted by Gasteiger charge is -2.22. The fourth-order valence-electron chi connectivity index (χ4n) is 2.81. The summed E-state index contributed by atoms with van der Waals surface area (Å²) in [7, 11) is 0. The first kappa shape index (κ1) is 18.1. The summed E-state index contributed by atoms with van der Waals surface area (Å²) >= 11 is 7.27. The Morgan fingerprint density at radius 2 is 2.04 bits per heavy atom. The van der Waals surface area contributed by atoms with E-state index in [9.17, 15) is 9.18 Å². The first-order chi connectivity index (χ1) is 12.0. The lowest BCUT2D eigenvalue weighted by molar-refractivity contribution is -0.130. The molecule has 3 rings (SSSR count). The predicted molar refractivity (Wildman–Crippen MR) is 97.8 cm³/mol. The zero-order valence-electron chi connectivity index (χ0n) is 14.0. The van der Waals surface area contributed by atoms with E-state index in [0.29, 0.717) is 19.5 Å². The maximum absolute atomic E-state index is 13.0. The highest BCUT2D eigenvalue weighted by molar-refractivity contribution is 7.09. The number of nitrogens with zero attached hydrogens (tertiary/aromatic N) is 4. The zero-order chi connectivity index (χ0) is 17.8. The molecule has 1 fully saturated rings. The molecule has 0 aliphatic carbocycles. The van der Waals surface area contributed by atoms with Gasteiger partial charge < -0.3 is 9.80 Å². The van der Waals surface area contributed by atoms with Crippen molar-refractivity contribution < 1.29 is 9.18 Å². The molecule has 8 heteroatoms. The Labute approximate surface area is 155 Å². The first-order valence-corrected chi connectivity index (χ1v) is 9.49. The standard InChI is InChI=1S/C17H20ClFN4OS/c1-12(18)16(24)22-7-2-8-23(10-9-22)17-20-15(21-25-17)11-13-3-5-14(19)6-4-13/h3-6,12H,2,7-11H2,1H3/t12-/m1/s1. The summed E-state index contributed by atoms with van der Waals surface area (Å²) in [5.74, 6) is 0.474. The summed E-state index contributed by atoms with van der Waals surface area (Å²) in [6.07, 6.45) is 1.46. The van der Waals surface area contributed by atoms with Crippen LogP contribution in [0.1, 0.15) is 24.7 Å². The Hall–Kier alpha value is -1.73. The number of hydrogen-bond donors (Lipinski definition) is 0. The Balaban J connectivity index is 1.62. The number of rotatable bonds is 4. The number of halogens is 2. The van der Waals surface area contributed by atoms with Crippen LogP contribution in [0.5, 0.6) is 0 Å². The maximum atomic E-state index is 13.0. The van der Waals surface area contributed by atoms with Gasteiger partial charge in [0.1, 0.15) is 17.0 Å². The van der Waals surface area contributed by atoms with Gasteiger partial charge >= 0.3 is 0 Å². The van der Waals surface area contributed by atoms with E-state index < -0.39 is 5.38 Å². The Morgan fingerprint density at radius 1 is 1.28 bits per heavy atom. The van der Waals surface area contributed by atoms with Gasteiger partial charge in [0, 0.05) is 44.1 Å². The summed E-state index contributed by atoms with van der Waals surface area (Å²) in [6.45, 7) is 4.63. The fourth-order valence-corrected chi connectivity index (χ4v) is 3.69. The maximum Gasteiger partial charge on any atom is 0.240 e. The van der Waals surface area contributed by atoms with Crippen LogP contribution >= 0.6 is 23.1 Å². The molecule has 1 aromatic heterocycles. The lowest BCUT2D eigenvalue weighted by Crippen LogP contribution is -2.38. The molecule has 2 heterocycles. The minimum Gasteiger partial charge on any atom is -0.345 e. The Kier molecular flexibility index (Phi) is 5.86. The van der Waals surface area contributed by atoms with E-state index in [1.807, 2.05) is 4.90 Å². The van der Waals surface area contributed by atoms with Crippen molar-refractivity contribution in [3.8, 4) is 0 Å². The van der Waals surface area contributed by atoms with Crippen LogP contribution < -0.4 is 4.90 Å². The number of amides is 1. The third-order valence-electron chi connectivity index (χ3n) is 4.15. The molecule has 1 aliphatic heterocycles. The number of carbonyl (C=O) groups excluding carboxylic acids is 1. The van der Waals surface area contributed by atoms with Crippen molar-refractivity contribution in [3.05, 3.63) is 41.5 Å². The van der Waals surface area contributed by atoms with Gasteiger partial charge in [0.25, 0.3) is 0 Å². The van der Waals surface area contributed by atoms with E-state index in [1.54, 1.807) is 19.1 Å². The average Bonchev–Trinajstić information content (AvgIpc) is 2.91. The van der Waals surface area contributed by atoms with Crippen molar-refractivity contribution >= 4 is 34.2 Å². The van der Waals surface area contributed by atoms with Crippen molar-refractivity contribution in [1.29, 1.82) is 0 Å². The quantitative estimate of drug-likeness (QED) is 0.763. The molecular weight excluding hydrogens is 363 g/mol. The molecular formula is C17H20ClFN4OS. The highest BCUT2D eigenvalue weighted by atomic mass is 35.5. The summed E-state index contributed by atoms with van der Waals surface area (Å²) in [5, 5.41) is 0.376. The number of benzene rings is 1. The smallest absolute Gasteiger partial charge is 0.240 e. The number of hydrogen-bond acceptors (Lipinski definition) is 5. The van der Waals surface area contributed by atoms with Gasteiger partial charge in [-0.2, -0.15) is 4.37 Å². The van der Waals surface area contributed by atoms with E-state index >= 15 is 0 Å². The second-order valence-corrected chi connectivity index (χ2v) is 7.46. The Morgan fingerprint density at radius 3 is 2.76 bits per heavy atom. The summed E-state index contributed by atoms with van der Waals surface area (Å²) in [5.41, 5.74) is 0.981. The van der Waals surface area contributed by atoms with Crippen molar-refractivity contribution in [1.82, 2.24) is 14.3 Å². The van der Waals surface area contributed by atoms with Gasteiger partial charge in [-0.05, 0) is 31.0 Å². The molecule has 5 nitrogen and oxygen atoms in total. The highest BCUT2D eigenvalue weighted by Gasteiger charge is 2.23. The zero-order valence-corrected chi connectivity index (χ0v) is 15.6. The third-order valence-corrected chi connectivity index (χ3v) is 5.15. The molecule has 1 aliphatic rings. The lowest BCUT2D eigenvalue weighted by atomic mass is 10.1. The van der Waals surface area contributed by atoms with Crippen LogP contribution in [0.3, 0.4) is 0 Å². The molecule has 0 saturated carbocycles. The summed E-state index contributed by atoms with van der Waals surface area (Å²) in [6, 6.07) is 6.39. The molecule has 0 spiro atoms. The SMILES string of the molecule is C[C@@H](Cl)C(=O)N1CCCN(c2nc(Cc3ccc(F)cc3)ns2)CC1. The molecule has 25 heavy (non-hydrogen) atoms. The third kappa shape index (κ3) is 4.67. The van der Waals surface area contributed by atoms with Crippen LogP contribution in [0.2, 0.25) is 0 Å². The topological polar surface area (TPSA) is 49.3 Å². The fraction of sp³-hybridized carbons (Fsp3) is 0.471. The normalized spacial score (nSPS) is 16.6.